The normalized spacial score (nSPS) is 14.6. The molecule has 1 unspecified atom stereocenters. The van der Waals surface area contributed by atoms with Crippen LogP contribution in [0.4, 0.5) is 5.69 Å². The molecule has 0 radical (unpaired) electrons. The Kier molecular flexibility index (Phi) is 6.29. The molecule has 4 aromatic rings. The van der Waals surface area contributed by atoms with Crippen LogP contribution in [0.1, 0.15) is 64.4 Å². The van der Waals surface area contributed by atoms with Gasteiger partial charge in [0.15, 0.2) is 22.7 Å². The fourth-order valence-electron chi connectivity index (χ4n) is 4.76. The average Bonchev–Trinajstić information content (AvgIpc) is 3.18. The Balaban J connectivity index is 1.76. The van der Waals surface area contributed by atoms with Gasteiger partial charge < -0.3 is 13.9 Å². The number of ketones is 1. The maximum atomic E-state index is 13.9. The van der Waals surface area contributed by atoms with Crippen molar-refractivity contribution in [1.29, 1.82) is 0 Å². The highest BCUT2D eigenvalue weighted by molar-refractivity contribution is 6.11. The van der Waals surface area contributed by atoms with Crippen molar-refractivity contribution >= 4 is 28.3 Å². The maximum absolute atomic E-state index is 13.9. The summed E-state index contributed by atoms with van der Waals surface area (Å²) in [6.07, 6.45) is 0. The third-order valence-electron chi connectivity index (χ3n) is 6.46. The lowest BCUT2D eigenvalue weighted by atomic mass is 9.97. The average molecular weight is 498 g/mol. The van der Waals surface area contributed by atoms with E-state index in [1.54, 1.807) is 48.5 Å². The molecular weight excluding hydrogens is 470 g/mol. The zero-order chi connectivity index (χ0) is 26.3. The number of hydrogen-bond acceptors (Lipinski definition) is 6. The van der Waals surface area contributed by atoms with Crippen molar-refractivity contribution in [1.82, 2.24) is 0 Å². The number of carbonyl (C=O) groups is 2. The summed E-state index contributed by atoms with van der Waals surface area (Å²) in [6, 6.07) is 16.7. The number of Topliss-reactive ketones (excluding diaryl/α,β-unsaturated/α-hetero) is 1. The first-order valence-electron chi connectivity index (χ1n) is 12.3. The van der Waals surface area contributed by atoms with E-state index in [9.17, 15) is 14.4 Å². The van der Waals surface area contributed by atoms with E-state index in [1.807, 2.05) is 32.9 Å². The van der Waals surface area contributed by atoms with Crippen LogP contribution < -0.4 is 19.8 Å². The van der Waals surface area contributed by atoms with Crippen molar-refractivity contribution in [3.63, 3.8) is 0 Å². The molecule has 1 atom stereocenters. The van der Waals surface area contributed by atoms with Crippen LogP contribution in [0.25, 0.3) is 11.0 Å². The second kappa shape index (κ2) is 9.58. The number of carbonyl (C=O) groups excluding carboxylic acids is 2. The van der Waals surface area contributed by atoms with Crippen molar-refractivity contribution in [2.24, 2.45) is 0 Å². The number of nitrogens with zero attached hydrogens (tertiary/aromatic N) is 1. The van der Waals surface area contributed by atoms with Crippen molar-refractivity contribution in [2.45, 2.75) is 33.7 Å². The standard InChI is InChI=1S/C30H27NO6/c1-5-35-24-14-10-20(16-25(24)36-6-2)27-26-28(33)22-15-17(3)7-13-23(22)37-29(26)30(34)31(27)21-11-8-19(9-12-21)18(4)32/h7-16,27H,5-6H2,1-4H3. The lowest BCUT2D eigenvalue weighted by Crippen LogP contribution is -2.29. The SMILES string of the molecule is CCOc1ccc(C2c3c(oc4ccc(C)cc4c3=O)C(=O)N2c2ccc(C(C)=O)cc2)cc1OCC. The summed E-state index contributed by atoms with van der Waals surface area (Å²) in [7, 11) is 0. The Morgan fingerprint density at radius 2 is 1.62 bits per heavy atom. The molecule has 1 amide bonds. The van der Waals surface area contributed by atoms with Crippen molar-refractivity contribution in [3.8, 4) is 11.5 Å². The molecule has 1 aromatic heterocycles. The van der Waals surface area contributed by atoms with Gasteiger partial charge in [0.1, 0.15) is 5.58 Å². The third-order valence-corrected chi connectivity index (χ3v) is 6.46. The largest absolute Gasteiger partial charge is 0.490 e. The van der Waals surface area contributed by atoms with Crippen LogP contribution in [-0.4, -0.2) is 24.9 Å². The number of ether oxygens (including phenoxy) is 2. The summed E-state index contributed by atoms with van der Waals surface area (Å²) in [5.74, 6) is 0.605. The molecule has 0 bridgehead atoms. The Morgan fingerprint density at radius 3 is 2.30 bits per heavy atom. The summed E-state index contributed by atoms with van der Waals surface area (Å²) in [5.41, 5.74) is 3.03. The van der Waals surface area contributed by atoms with Crippen molar-refractivity contribution in [3.05, 3.63) is 98.9 Å². The van der Waals surface area contributed by atoms with Crippen LogP contribution in [-0.2, 0) is 0 Å². The molecule has 7 nitrogen and oxygen atoms in total. The quantitative estimate of drug-likeness (QED) is 0.298. The van der Waals surface area contributed by atoms with Gasteiger partial charge in [0.25, 0.3) is 5.91 Å². The van der Waals surface area contributed by atoms with E-state index in [0.717, 1.165) is 5.56 Å². The smallest absolute Gasteiger partial charge is 0.295 e. The van der Waals surface area contributed by atoms with Crippen LogP contribution in [0.5, 0.6) is 11.5 Å². The van der Waals surface area contributed by atoms with E-state index in [2.05, 4.69) is 0 Å². The van der Waals surface area contributed by atoms with Gasteiger partial charge in [0, 0.05) is 11.3 Å². The monoisotopic (exact) mass is 497 g/mol. The van der Waals surface area contributed by atoms with Crippen LogP contribution in [0.15, 0.2) is 69.9 Å². The molecule has 1 aliphatic heterocycles. The van der Waals surface area contributed by atoms with Crippen LogP contribution >= 0.6 is 0 Å². The van der Waals surface area contributed by atoms with Gasteiger partial charge in [-0.15, -0.1) is 0 Å². The number of amides is 1. The molecule has 0 N–H and O–H groups in total. The molecule has 3 aromatic carbocycles. The van der Waals surface area contributed by atoms with Gasteiger partial charge in [-0.2, -0.15) is 0 Å². The summed E-state index contributed by atoms with van der Waals surface area (Å²) in [4.78, 5) is 41.0. The highest BCUT2D eigenvalue weighted by Crippen LogP contribution is 2.43. The van der Waals surface area contributed by atoms with Gasteiger partial charge >= 0.3 is 0 Å². The summed E-state index contributed by atoms with van der Waals surface area (Å²) >= 11 is 0. The van der Waals surface area contributed by atoms with E-state index in [0.29, 0.717) is 52.5 Å². The molecule has 2 heterocycles. The Labute approximate surface area is 214 Å². The fourth-order valence-corrected chi connectivity index (χ4v) is 4.76. The fraction of sp³-hybridized carbons (Fsp3) is 0.233. The predicted molar refractivity (Wildman–Crippen MR) is 141 cm³/mol. The molecule has 37 heavy (non-hydrogen) atoms. The Morgan fingerprint density at radius 1 is 0.919 bits per heavy atom. The molecule has 1 aliphatic rings. The molecule has 0 saturated carbocycles. The first kappa shape index (κ1) is 24.3. The minimum Gasteiger partial charge on any atom is -0.490 e. The van der Waals surface area contributed by atoms with E-state index in [4.69, 9.17) is 13.9 Å². The molecule has 188 valence electrons. The highest BCUT2D eigenvalue weighted by Gasteiger charge is 2.44. The Hall–Kier alpha value is -4.39. The lowest BCUT2D eigenvalue weighted by Gasteiger charge is -2.26. The summed E-state index contributed by atoms with van der Waals surface area (Å²) in [6.45, 7) is 8.04. The summed E-state index contributed by atoms with van der Waals surface area (Å²) < 4.78 is 17.6. The van der Waals surface area contributed by atoms with Crippen LogP contribution in [0.3, 0.4) is 0 Å². The highest BCUT2D eigenvalue weighted by atomic mass is 16.5. The number of fused-ring (bicyclic) bond motifs is 2. The number of aryl methyl sites for hydroxylation is 1. The number of benzene rings is 3. The van der Waals surface area contributed by atoms with Gasteiger partial charge in [0.2, 0.25) is 5.76 Å². The summed E-state index contributed by atoms with van der Waals surface area (Å²) in [5, 5.41) is 0.418. The number of hydrogen-bond donors (Lipinski definition) is 0. The minimum absolute atomic E-state index is 0.00819. The van der Waals surface area contributed by atoms with Crippen molar-refractivity contribution < 1.29 is 23.5 Å². The maximum Gasteiger partial charge on any atom is 0.295 e. The molecule has 7 heteroatoms. The topological polar surface area (TPSA) is 86.0 Å². The lowest BCUT2D eigenvalue weighted by molar-refractivity contribution is 0.0970. The first-order valence-corrected chi connectivity index (χ1v) is 12.3. The van der Waals surface area contributed by atoms with Gasteiger partial charge in [-0.05, 0) is 81.8 Å². The van der Waals surface area contributed by atoms with Gasteiger partial charge in [0.05, 0.1) is 30.2 Å². The minimum atomic E-state index is -0.762. The zero-order valence-electron chi connectivity index (χ0n) is 21.2. The molecule has 0 fully saturated rings. The number of anilines is 1. The van der Waals surface area contributed by atoms with E-state index in [-0.39, 0.29) is 22.5 Å². The van der Waals surface area contributed by atoms with Gasteiger partial charge in [-0.1, -0.05) is 17.7 Å². The van der Waals surface area contributed by atoms with Gasteiger partial charge in [-0.25, -0.2) is 0 Å². The van der Waals surface area contributed by atoms with E-state index in [1.165, 1.54) is 11.8 Å². The van der Waals surface area contributed by atoms with Gasteiger partial charge in [-0.3, -0.25) is 19.3 Å². The predicted octanol–water partition coefficient (Wildman–Crippen LogP) is 5.85. The van der Waals surface area contributed by atoms with E-state index >= 15 is 0 Å². The molecule has 0 saturated heterocycles. The first-order chi connectivity index (χ1) is 17.8. The molecule has 0 aliphatic carbocycles. The molecule has 0 spiro atoms. The van der Waals surface area contributed by atoms with Crippen molar-refractivity contribution in [2.75, 3.05) is 18.1 Å². The zero-order valence-corrected chi connectivity index (χ0v) is 21.2. The number of rotatable bonds is 7. The molecular formula is C30H27NO6. The molecule has 5 rings (SSSR count). The second-order valence-corrected chi connectivity index (χ2v) is 8.93. The van der Waals surface area contributed by atoms with Crippen LogP contribution in [0.2, 0.25) is 0 Å². The Bertz CT molecular complexity index is 1580. The second-order valence-electron chi connectivity index (χ2n) is 8.93. The van der Waals surface area contributed by atoms with Crippen LogP contribution in [0, 0.1) is 6.92 Å². The third kappa shape index (κ3) is 4.16. The van der Waals surface area contributed by atoms with E-state index < -0.39 is 11.9 Å².